The molecule has 2 heterocycles. The first-order valence-electron chi connectivity index (χ1n) is 7.08. The molecule has 0 spiro atoms. The molecule has 0 atom stereocenters. The van der Waals surface area contributed by atoms with Gasteiger partial charge in [-0.2, -0.15) is 0 Å². The van der Waals surface area contributed by atoms with Crippen molar-refractivity contribution in [1.82, 2.24) is 9.97 Å². The topological polar surface area (TPSA) is 47.0 Å². The van der Waals surface area contributed by atoms with E-state index in [2.05, 4.69) is 21.9 Å². The molecule has 0 aliphatic rings. The number of aryl methyl sites for hydroxylation is 2. The second-order valence-electron chi connectivity index (χ2n) is 4.97. The molecule has 2 aromatic heterocycles. The highest BCUT2D eigenvalue weighted by Crippen LogP contribution is 2.35. The number of rotatable bonds is 5. The SMILES string of the molecule is C=Cc1ccc(OC)c(Nc2nc(-c3sc(C)nc3C)cs2)c1. The Morgan fingerprint density at radius 2 is 2.09 bits per heavy atom. The third kappa shape index (κ3) is 3.28. The van der Waals surface area contributed by atoms with Crippen LogP contribution in [0.4, 0.5) is 10.8 Å². The molecular formula is C17H17N3OS2. The van der Waals surface area contributed by atoms with Crippen molar-refractivity contribution in [2.24, 2.45) is 0 Å². The van der Waals surface area contributed by atoms with Gasteiger partial charge in [0.15, 0.2) is 5.13 Å². The second-order valence-corrected chi connectivity index (χ2v) is 7.04. The minimum Gasteiger partial charge on any atom is -0.495 e. The molecule has 23 heavy (non-hydrogen) atoms. The van der Waals surface area contributed by atoms with Crippen LogP contribution in [0.1, 0.15) is 16.3 Å². The van der Waals surface area contributed by atoms with Gasteiger partial charge < -0.3 is 10.1 Å². The summed E-state index contributed by atoms with van der Waals surface area (Å²) in [6.07, 6.45) is 1.81. The van der Waals surface area contributed by atoms with Crippen LogP contribution in [0.15, 0.2) is 30.2 Å². The standard InChI is InChI=1S/C17H17N3OS2/c1-5-12-6-7-15(21-4)13(8-12)19-17-20-14(9-22-17)16-10(2)18-11(3)23-16/h5-9H,1H2,2-4H3,(H,19,20). The third-order valence-electron chi connectivity index (χ3n) is 3.34. The Kier molecular flexibility index (Phi) is 4.45. The van der Waals surface area contributed by atoms with Crippen LogP contribution in [0, 0.1) is 13.8 Å². The summed E-state index contributed by atoms with van der Waals surface area (Å²) in [5.41, 5.74) is 3.89. The lowest BCUT2D eigenvalue weighted by Gasteiger charge is -2.09. The Bertz CT molecular complexity index is 851. The Labute approximate surface area is 143 Å². The van der Waals surface area contributed by atoms with E-state index in [4.69, 9.17) is 4.74 Å². The smallest absolute Gasteiger partial charge is 0.187 e. The molecule has 0 amide bonds. The van der Waals surface area contributed by atoms with Crippen LogP contribution in [0.2, 0.25) is 0 Å². The van der Waals surface area contributed by atoms with Gasteiger partial charge in [-0.25, -0.2) is 9.97 Å². The minimum absolute atomic E-state index is 0.775. The quantitative estimate of drug-likeness (QED) is 0.685. The monoisotopic (exact) mass is 343 g/mol. The van der Waals surface area contributed by atoms with Gasteiger partial charge in [0.05, 0.1) is 34.1 Å². The maximum absolute atomic E-state index is 5.40. The first kappa shape index (κ1) is 15.7. The number of anilines is 2. The summed E-state index contributed by atoms with van der Waals surface area (Å²) in [7, 11) is 1.66. The van der Waals surface area contributed by atoms with Crippen molar-refractivity contribution in [3.63, 3.8) is 0 Å². The van der Waals surface area contributed by atoms with E-state index in [1.165, 1.54) is 0 Å². The van der Waals surface area contributed by atoms with E-state index >= 15 is 0 Å². The number of hydrogen-bond acceptors (Lipinski definition) is 6. The van der Waals surface area contributed by atoms with Gasteiger partial charge in [-0.05, 0) is 31.5 Å². The minimum atomic E-state index is 0.775. The van der Waals surface area contributed by atoms with E-state index in [9.17, 15) is 0 Å². The molecule has 6 heteroatoms. The van der Waals surface area contributed by atoms with E-state index in [1.54, 1.807) is 35.9 Å². The molecule has 0 bridgehead atoms. The average molecular weight is 343 g/mol. The number of benzene rings is 1. The molecule has 4 nitrogen and oxygen atoms in total. The van der Waals surface area contributed by atoms with Gasteiger partial charge in [0.1, 0.15) is 5.75 Å². The fourth-order valence-corrected chi connectivity index (χ4v) is 3.94. The lowest BCUT2D eigenvalue weighted by Crippen LogP contribution is -1.95. The molecule has 1 N–H and O–H groups in total. The largest absolute Gasteiger partial charge is 0.495 e. The van der Waals surface area contributed by atoms with Gasteiger partial charge in [0, 0.05) is 5.38 Å². The van der Waals surface area contributed by atoms with Crippen LogP contribution < -0.4 is 10.1 Å². The van der Waals surface area contributed by atoms with E-state index in [0.717, 1.165) is 43.4 Å². The number of hydrogen-bond donors (Lipinski definition) is 1. The Balaban J connectivity index is 1.90. The van der Waals surface area contributed by atoms with E-state index < -0.39 is 0 Å². The van der Waals surface area contributed by atoms with Gasteiger partial charge in [0.2, 0.25) is 0 Å². The fraction of sp³-hybridized carbons (Fsp3) is 0.176. The number of methoxy groups -OCH3 is 1. The van der Waals surface area contributed by atoms with Crippen LogP contribution in [0.25, 0.3) is 16.6 Å². The Hall–Kier alpha value is -2.18. The molecule has 0 unspecified atom stereocenters. The van der Waals surface area contributed by atoms with Crippen molar-refractivity contribution in [1.29, 1.82) is 0 Å². The average Bonchev–Trinajstić information content (AvgIpc) is 3.13. The first-order chi connectivity index (χ1) is 11.1. The highest BCUT2D eigenvalue weighted by atomic mass is 32.1. The molecule has 0 radical (unpaired) electrons. The fourth-order valence-electron chi connectivity index (χ4n) is 2.27. The zero-order valence-electron chi connectivity index (χ0n) is 13.2. The number of nitrogens with zero attached hydrogens (tertiary/aromatic N) is 2. The third-order valence-corrected chi connectivity index (χ3v) is 5.19. The van der Waals surface area contributed by atoms with Gasteiger partial charge >= 0.3 is 0 Å². The zero-order valence-corrected chi connectivity index (χ0v) is 14.8. The van der Waals surface area contributed by atoms with Crippen molar-refractivity contribution >= 4 is 39.6 Å². The highest BCUT2D eigenvalue weighted by Gasteiger charge is 2.12. The molecule has 0 saturated heterocycles. The number of aromatic nitrogens is 2. The van der Waals surface area contributed by atoms with Crippen molar-refractivity contribution in [2.45, 2.75) is 13.8 Å². The van der Waals surface area contributed by atoms with Gasteiger partial charge in [0.25, 0.3) is 0 Å². The van der Waals surface area contributed by atoms with Crippen LogP contribution in [-0.4, -0.2) is 17.1 Å². The Morgan fingerprint density at radius 1 is 1.26 bits per heavy atom. The normalized spacial score (nSPS) is 10.6. The summed E-state index contributed by atoms with van der Waals surface area (Å²) in [5, 5.41) is 7.26. The van der Waals surface area contributed by atoms with Crippen LogP contribution >= 0.6 is 22.7 Å². The van der Waals surface area contributed by atoms with Crippen molar-refractivity contribution < 1.29 is 4.74 Å². The maximum Gasteiger partial charge on any atom is 0.187 e. The van der Waals surface area contributed by atoms with Gasteiger partial charge in [-0.1, -0.05) is 18.7 Å². The van der Waals surface area contributed by atoms with E-state index in [1.807, 2.05) is 37.4 Å². The summed E-state index contributed by atoms with van der Waals surface area (Å²) >= 11 is 3.23. The number of nitrogens with one attached hydrogen (secondary N) is 1. The van der Waals surface area contributed by atoms with E-state index in [-0.39, 0.29) is 0 Å². The summed E-state index contributed by atoms with van der Waals surface area (Å²) in [4.78, 5) is 10.3. The van der Waals surface area contributed by atoms with E-state index in [0.29, 0.717) is 0 Å². The molecule has 118 valence electrons. The van der Waals surface area contributed by atoms with Gasteiger partial charge in [-0.3, -0.25) is 0 Å². The number of thiazole rings is 2. The molecule has 1 aromatic carbocycles. The lowest BCUT2D eigenvalue weighted by atomic mass is 10.2. The van der Waals surface area contributed by atoms with Crippen LogP contribution in [-0.2, 0) is 0 Å². The van der Waals surface area contributed by atoms with Gasteiger partial charge in [-0.15, -0.1) is 22.7 Å². The molecule has 0 aliphatic carbocycles. The zero-order chi connectivity index (χ0) is 16.4. The second kappa shape index (κ2) is 6.52. The molecule has 0 fully saturated rings. The summed E-state index contributed by atoms with van der Waals surface area (Å²) in [6, 6.07) is 5.88. The molecule has 0 aliphatic heterocycles. The maximum atomic E-state index is 5.40. The summed E-state index contributed by atoms with van der Waals surface area (Å²) < 4.78 is 5.40. The molecule has 3 aromatic rings. The summed E-state index contributed by atoms with van der Waals surface area (Å²) in [5.74, 6) is 0.775. The lowest BCUT2D eigenvalue weighted by molar-refractivity contribution is 0.417. The van der Waals surface area contributed by atoms with Crippen molar-refractivity contribution in [3.05, 3.63) is 46.4 Å². The van der Waals surface area contributed by atoms with Crippen molar-refractivity contribution in [2.75, 3.05) is 12.4 Å². The van der Waals surface area contributed by atoms with Crippen molar-refractivity contribution in [3.8, 4) is 16.3 Å². The molecular weight excluding hydrogens is 326 g/mol. The predicted molar refractivity (Wildman–Crippen MR) is 99.1 cm³/mol. The van der Waals surface area contributed by atoms with Crippen LogP contribution in [0.5, 0.6) is 5.75 Å². The van der Waals surface area contributed by atoms with Crippen LogP contribution in [0.3, 0.4) is 0 Å². The predicted octanol–water partition coefficient (Wildman–Crippen LogP) is 5.28. The highest BCUT2D eigenvalue weighted by molar-refractivity contribution is 7.16. The Morgan fingerprint density at radius 3 is 2.74 bits per heavy atom. The first-order valence-corrected chi connectivity index (χ1v) is 8.77. The molecule has 3 rings (SSSR count). The number of ether oxygens (including phenoxy) is 1. The summed E-state index contributed by atoms with van der Waals surface area (Å²) in [6.45, 7) is 7.83. The molecule has 0 saturated carbocycles.